The molecular weight excluding hydrogens is 393 g/mol. The summed E-state index contributed by atoms with van der Waals surface area (Å²) in [5, 5.41) is 3.52. The molecule has 0 radical (unpaired) electrons. The molecule has 0 spiro atoms. The highest BCUT2D eigenvalue weighted by Crippen LogP contribution is 2.51. The van der Waals surface area contributed by atoms with Crippen LogP contribution in [-0.2, 0) is 15.8 Å². The van der Waals surface area contributed by atoms with Gasteiger partial charge in [-0.25, -0.2) is 4.57 Å². The van der Waals surface area contributed by atoms with Crippen LogP contribution >= 0.6 is 7.60 Å². The summed E-state index contributed by atoms with van der Waals surface area (Å²) in [4.78, 5) is 15.0. The molecule has 0 aromatic heterocycles. The van der Waals surface area contributed by atoms with Crippen molar-refractivity contribution in [1.29, 1.82) is 0 Å². The molecule has 2 atom stereocenters. The maximum Gasteiger partial charge on any atom is 0.420 e. The molecule has 0 amide bonds. The molecule has 1 aliphatic heterocycles. The first-order chi connectivity index (χ1) is 14.1. The van der Waals surface area contributed by atoms with Gasteiger partial charge >= 0.3 is 7.60 Å². The molecule has 8 heteroatoms. The van der Waals surface area contributed by atoms with Crippen LogP contribution in [0.1, 0.15) is 31.2 Å². The highest BCUT2D eigenvalue weighted by molar-refractivity contribution is 7.53. The Balaban J connectivity index is 1.49. The molecule has 1 N–H and O–H groups in total. The minimum atomic E-state index is -4.02. The Morgan fingerprint density at radius 3 is 2.69 bits per heavy atom. The summed E-state index contributed by atoms with van der Waals surface area (Å²) in [6.45, 7) is 0.519. The fourth-order valence-electron chi connectivity index (χ4n) is 2.95. The van der Waals surface area contributed by atoms with Crippen LogP contribution < -0.4 is 14.0 Å². The van der Waals surface area contributed by atoms with Gasteiger partial charge in [-0.2, -0.15) is 0 Å². The fraction of sp³-hybridized carbons (Fsp3) is 0.381. The topological polar surface area (TPSA) is 86.6 Å². The highest BCUT2D eigenvalue weighted by Gasteiger charge is 2.38. The van der Waals surface area contributed by atoms with Gasteiger partial charge in [-0.05, 0) is 43.4 Å². The van der Waals surface area contributed by atoms with E-state index in [0.29, 0.717) is 18.1 Å². The number of hydrogen-bond donors (Lipinski definition) is 1. The number of aryl methyl sites for hydroxylation is 1. The minimum absolute atomic E-state index is 0.214. The van der Waals surface area contributed by atoms with Crippen molar-refractivity contribution < 1.29 is 28.3 Å². The molecule has 7 nitrogen and oxygen atoms in total. The van der Waals surface area contributed by atoms with Crippen LogP contribution in [0, 0.1) is 0 Å². The SMILES string of the molecule is COc1ccc(OP(=O)(O)C2CC=NO2)cc1OCCCCCc1ccccc1. The van der Waals surface area contributed by atoms with Crippen molar-refractivity contribution in [2.45, 2.75) is 37.9 Å². The lowest BCUT2D eigenvalue weighted by molar-refractivity contribution is 0.119. The van der Waals surface area contributed by atoms with Gasteiger partial charge in [0, 0.05) is 18.7 Å². The van der Waals surface area contributed by atoms with E-state index in [4.69, 9.17) is 18.8 Å². The van der Waals surface area contributed by atoms with Crippen molar-refractivity contribution in [2.75, 3.05) is 13.7 Å². The van der Waals surface area contributed by atoms with E-state index in [2.05, 4.69) is 29.4 Å². The molecule has 2 aromatic carbocycles. The third-order valence-corrected chi connectivity index (χ3v) is 6.01. The van der Waals surface area contributed by atoms with Gasteiger partial charge in [0.15, 0.2) is 11.5 Å². The van der Waals surface area contributed by atoms with Crippen LogP contribution in [0.25, 0.3) is 0 Å². The van der Waals surface area contributed by atoms with Gasteiger partial charge in [0.1, 0.15) is 5.75 Å². The first kappa shape index (κ1) is 21.2. The quantitative estimate of drug-likeness (QED) is 0.417. The average molecular weight is 419 g/mol. The van der Waals surface area contributed by atoms with Crippen LogP contribution in [0.15, 0.2) is 53.7 Å². The zero-order valence-corrected chi connectivity index (χ0v) is 17.3. The van der Waals surface area contributed by atoms with Gasteiger partial charge in [-0.15, -0.1) is 0 Å². The Morgan fingerprint density at radius 2 is 1.97 bits per heavy atom. The predicted molar refractivity (Wildman–Crippen MR) is 111 cm³/mol. The molecule has 1 aliphatic rings. The fourth-order valence-corrected chi connectivity index (χ4v) is 4.02. The highest BCUT2D eigenvalue weighted by atomic mass is 31.2. The summed E-state index contributed by atoms with van der Waals surface area (Å²) in [5.41, 5.74) is 1.34. The third kappa shape index (κ3) is 6.24. The summed E-state index contributed by atoms with van der Waals surface area (Å²) < 4.78 is 28.8. The van der Waals surface area contributed by atoms with E-state index in [1.165, 1.54) is 11.8 Å². The van der Waals surface area contributed by atoms with Gasteiger partial charge < -0.3 is 23.7 Å². The largest absolute Gasteiger partial charge is 0.493 e. The molecule has 0 bridgehead atoms. The van der Waals surface area contributed by atoms with E-state index in [-0.39, 0.29) is 12.2 Å². The first-order valence-corrected chi connectivity index (χ1v) is 11.3. The van der Waals surface area contributed by atoms with Crippen molar-refractivity contribution >= 4 is 13.8 Å². The third-order valence-electron chi connectivity index (χ3n) is 4.51. The van der Waals surface area contributed by atoms with Crippen molar-refractivity contribution in [2.24, 2.45) is 5.16 Å². The molecular formula is C21H26NO6P. The van der Waals surface area contributed by atoms with E-state index >= 15 is 0 Å². The molecule has 1 heterocycles. The number of benzene rings is 2. The number of rotatable bonds is 11. The summed E-state index contributed by atoms with van der Waals surface area (Å²) >= 11 is 0. The Kier molecular flexibility index (Phi) is 7.55. The Bertz CT molecular complexity index is 850. The molecule has 29 heavy (non-hydrogen) atoms. The Morgan fingerprint density at radius 1 is 1.14 bits per heavy atom. The summed E-state index contributed by atoms with van der Waals surface area (Å²) in [6, 6.07) is 15.2. The maximum atomic E-state index is 12.4. The normalized spacial score (nSPS) is 17.4. The smallest absolute Gasteiger partial charge is 0.420 e. The molecule has 156 valence electrons. The molecule has 0 saturated carbocycles. The number of ether oxygens (including phenoxy) is 2. The van der Waals surface area contributed by atoms with Crippen molar-refractivity contribution in [3.8, 4) is 17.2 Å². The number of oxime groups is 1. The second-order valence-electron chi connectivity index (χ2n) is 6.70. The van der Waals surface area contributed by atoms with E-state index in [0.717, 1.165) is 25.7 Å². The first-order valence-electron chi connectivity index (χ1n) is 9.63. The maximum absolute atomic E-state index is 12.4. The number of methoxy groups -OCH3 is 1. The lowest BCUT2D eigenvalue weighted by Gasteiger charge is -2.18. The van der Waals surface area contributed by atoms with E-state index in [1.54, 1.807) is 25.3 Å². The molecule has 2 unspecified atom stereocenters. The van der Waals surface area contributed by atoms with Gasteiger partial charge in [-0.1, -0.05) is 35.5 Å². The molecule has 0 fully saturated rings. The Hall–Kier alpha value is -2.50. The van der Waals surface area contributed by atoms with Crippen LogP contribution in [0.2, 0.25) is 0 Å². The summed E-state index contributed by atoms with van der Waals surface area (Å²) in [6.07, 6.45) is 5.75. The number of unbranched alkanes of at least 4 members (excludes halogenated alkanes) is 2. The van der Waals surface area contributed by atoms with Crippen molar-refractivity contribution in [1.82, 2.24) is 0 Å². The molecule has 0 aliphatic carbocycles. The minimum Gasteiger partial charge on any atom is -0.493 e. The number of hydrogen-bond acceptors (Lipinski definition) is 6. The lowest BCUT2D eigenvalue weighted by atomic mass is 10.1. The van der Waals surface area contributed by atoms with E-state index < -0.39 is 13.4 Å². The Labute approximate surface area is 170 Å². The molecule has 2 aromatic rings. The second-order valence-corrected chi connectivity index (χ2v) is 8.58. The van der Waals surface area contributed by atoms with Crippen molar-refractivity contribution in [3.05, 3.63) is 54.1 Å². The van der Waals surface area contributed by atoms with E-state index in [9.17, 15) is 9.46 Å². The standard InChI is InChI=1S/C21H26NO6P/c1-25-19-12-11-18(28-29(23,24)21-13-14-22-27-21)16-20(19)26-15-7-3-6-10-17-8-4-2-5-9-17/h2,4-5,8-9,11-12,14,16,21H,3,6-7,10,13,15H2,1H3,(H,23,24). The zero-order valence-electron chi connectivity index (χ0n) is 16.4. The zero-order chi connectivity index (χ0) is 20.5. The number of nitrogens with zero attached hydrogens (tertiary/aromatic N) is 1. The average Bonchev–Trinajstić information content (AvgIpc) is 3.27. The van der Waals surface area contributed by atoms with E-state index in [1.807, 2.05) is 6.07 Å². The predicted octanol–water partition coefficient (Wildman–Crippen LogP) is 4.78. The lowest BCUT2D eigenvalue weighted by Crippen LogP contribution is -2.10. The van der Waals surface area contributed by atoms with Crippen LogP contribution in [0.3, 0.4) is 0 Å². The van der Waals surface area contributed by atoms with Gasteiger partial charge in [0.2, 0.25) is 5.85 Å². The van der Waals surface area contributed by atoms with Gasteiger partial charge in [-0.3, -0.25) is 0 Å². The van der Waals surface area contributed by atoms with Gasteiger partial charge in [0.05, 0.1) is 13.7 Å². The summed E-state index contributed by atoms with van der Waals surface area (Å²) in [7, 11) is -2.47. The van der Waals surface area contributed by atoms with Crippen LogP contribution in [0.4, 0.5) is 0 Å². The van der Waals surface area contributed by atoms with Crippen LogP contribution in [-0.4, -0.2) is 30.7 Å². The molecule has 3 rings (SSSR count). The van der Waals surface area contributed by atoms with Crippen molar-refractivity contribution in [3.63, 3.8) is 0 Å². The second kappa shape index (κ2) is 10.3. The monoisotopic (exact) mass is 419 g/mol. The molecule has 0 saturated heterocycles. The van der Waals surface area contributed by atoms with Crippen LogP contribution in [0.5, 0.6) is 17.2 Å². The summed E-state index contributed by atoms with van der Waals surface area (Å²) in [5.74, 6) is 0.233. The van der Waals surface area contributed by atoms with Gasteiger partial charge in [0.25, 0.3) is 0 Å².